The molecule has 0 aliphatic heterocycles. The van der Waals surface area contributed by atoms with Gasteiger partial charge in [0.05, 0.1) is 0 Å². The number of nitrogens with one attached hydrogen (secondary N) is 1. The Morgan fingerprint density at radius 3 is 2.71 bits per heavy atom. The van der Waals surface area contributed by atoms with E-state index in [1.54, 1.807) is 9.95 Å². The molecule has 0 fully saturated rings. The smallest absolute Gasteiger partial charge is 0.307 e. The van der Waals surface area contributed by atoms with Gasteiger partial charge in [0.1, 0.15) is 0 Å². The van der Waals surface area contributed by atoms with E-state index >= 15 is 0 Å². The number of carbonyl (C=O) groups excluding carboxylic acids is 1. The average molecular weight is 257 g/mol. The lowest BCUT2D eigenvalue weighted by molar-refractivity contribution is -0.122. The van der Waals surface area contributed by atoms with Crippen molar-refractivity contribution in [1.29, 1.82) is 0 Å². The summed E-state index contributed by atoms with van der Waals surface area (Å²) in [5.74, 6) is -0.0852. The molecule has 0 radical (unpaired) electrons. The van der Waals surface area contributed by atoms with Gasteiger partial charge in [0.2, 0.25) is 5.91 Å². The first kappa shape index (κ1) is 13.9. The van der Waals surface area contributed by atoms with Crippen molar-refractivity contribution < 1.29 is 4.79 Å². The molecule has 0 saturated carbocycles. The molecule has 0 bridgehead atoms. The molecule has 3 N–H and O–H groups in total. The van der Waals surface area contributed by atoms with Gasteiger partial charge in [-0.3, -0.25) is 9.59 Å². The van der Waals surface area contributed by atoms with Crippen LogP contribution >= 0.6 is 11.3 Å². The van der Waals surface area contributed by atoms with E-state index in [1.807, 2.05) is 20.8 Å². The van der Waals surface area contributed by atoms with Crippen LogP contribution in [0.3, 0.4) is 0 Å². The number of aromatic nitrogens is 1. The highest BCUT2D eigenvalue weighted by Gasteiger charge is 2.18. The summed E-state index contributed by atoms with van der Waals surface area (Å²) in [5, 5.41) is 4.63. The number of rotatable bonds is 5. The standard InChI is InChI=1S/C11H19N3O2S/c1-8-6-17-10(16)14(8)5-4-9(15)13-11(2,3)7-12/h6H,4-5,7,12H2,1-3H3,(H,13,15). The number of hydrogen-bond acceptors (Lipinski definition) is 4. The monoisotopic (exact) mass is 257 g/mol. The van der Waals surface area contributed by atoms with Crippen molar-refractivity contribution in [3.05, 3.63) is 20.7 Å². The lowest BCUT2D eigenvalue weighted by Gasteiger charge is -2.24. The van der Waals surface area contributed by atoms with E-state index in [2.05, 4.69) is 5.32 Å². The van der Waals surface area contributed by atoms with Crippen LogP contribution in [-0.2, 0) is 11.3 Å². The van der Waals surface area contributed by atoms with Crippen molar-refractivity contribution in [1.82, 2.24) is 9.88 Å². The first-order chi connectivity index (χ1) is 7.85. The number of hydrogen-bond donors (Lipinski definition) is 2. The fourth-order valence-electron chi connectivity index (χ4n) is 1.38. The van der Waals surface area contributed by atoms with Crippen LogP contribution in [-0.4, -0.2) is 22.6 Å². The lowest BCUT2D eigenvalue weighted by atomic mass is 10.1. The highest BCUT2D eigenvalue weighted by atomic mass is 32.1. The summed E-state index contributed by atoms with van der Waals surface area (Å²) in [6.45, 7) is 6.40. The molecule has 0 aromatic carbocycles. The van der Waals surface area contributed by atoms with E-state index in [1.165, 1.54) is 0 Å². The van der Waals surface area contributed by atoms with Gasteiger partial charge in [-0.1, -0.05) is 11.3 Å². The molecule has 0 atom stereocenters. The van der Waals surface area contributed by atoms with E-state index in [9.17, 15) is 9.59 Å². The molecule has 1 amide bonds. The van der Waals surface area contributed by atoms with Gasteiger partial charge in [-0.2, -0.15) is 0 Å². The fourth-order valence-corrected chi connectivity index (χ4v) is 2.14. The Balaban J connectivity index is 2.52. The average Bonchev–Trinajstić information content (AvgIpc) is 2.55. The van der Waals surface area contributed by atoms with Gasteiger partial charge < -0.3 is 15.6 Å². The molecular weight excluding hydrogens is 238 g/mol. The summed E-state index contributed by atoms with van der Waals surface area (Å²) in [6.07, 6.45) is 0.293. The molecule has 0 aliphatic carbocycles. The van der Waals surface area contributed by atoms with Crippen LogP contribution in [0.5, 0.6) is 0 Å². The Hall–Kier alpha value is -1.14. The summed E-state index contributed by atoms with van der Waals surface area (Å²) in [7, 11) is 0. The molecule has 0 unspecified atom stereocenters. The predicted octanol–water partition coefficient (Wildman–Crippen LogP) is 0.462. The van der Waals surface area contributed by atoms with Crippen molar-refractivity contribution in [3.8, 4) is 0 Å². The van der Waals surface area contributed by atoms with Gasteiger partial charge >= 0.3 is 4.87 Å². The van der Waals surface area contributed by atoms with Crippen LogP contribution < -0.4 is 15.9 Å². The molecule has 6 heteroatoms. The van der Waals surface area contributed by atoms with Crippen LogP contribution in [0.2, 0.25) is 0 Å². The largest absolute Gasteiger partial charge is 0.350 e. The van der Waals surface area contributed by atoms with Gasteiger partial charge in [0.15, 0.2) is 0 Å². The highest BCUT2D eigenvalue weighted by Crippen LogP contribution is 2.03. The maximum absolute atomic E-state index is 11.7. The molecule has 17 heavy (non-hydrogen) atoms. The van der Waals surface area contributed by atoms with E-state index < -0.39 is 5.54 Å². The molecular formula is C11H19N3O2S. The van der Waals surface area contributed by atoms with Gasteiger partial charge in [0, 0.05) is 36.1 Å². The van der Waals surface area contributed by atoms with Gasteiger partial charge in [-0.25, -0.2) is 0 Å². The molecule has 5 nitrogen and oxygen atoms in total. The quantitative estimate of drug-likeness (QED) is 0.804. The number of amides is 1. The molecule has 0 saturated heterocycles. The zero-order chi connectivity index (χ0) is 13.1. The summed E-state index contributed by atoms with van der Waals surface area (Å²) in [6, 6.07) is 0. The third-order valence-electron chi connectivity index (χ3n) is 2.53. The van der Waals surface area contributed by atoms with Gasteiger partial charge in [-0.15, -0.1) is 0 Å². The lowest BCUT2D eigenvalue weighted by Crippen LogP contribution is -2.49. The number of aryl methyl sites for hydroxylation is 1. The van der Waals surface area contributed by atoms with E-state index in [-0.39, 0.29) is 10.8 Å². The Morgan fingerprint density at radius 2 is 2.24 bits per heavy atom. The van der Waals surface area contributed by atoms with Crippen LogP contribution in [0.15, 0.2) is 10.2 Å². The fraction of sp³-hybridized carbons (Fsp3) is 0.636. The number of thiazole rings is 1. The molecule has 1 aromatic heterocycles. The summed E-state index contributed by atoms with van der Waals surface area (Å²) in [4.78, 5) is 23.1. The molecule has 0 aliphatic rings. The predicted molar refractivity (Wildman–Crippen MR) is 69.2 cm³/mol. The van der Waals surface area contributed by atoms with Crippen LogP contribution in [0.1, 0.15) is 26.0 Å². The zero-order valence-electron chi connectivity index (χ0n) is 10.4. The van der Waals surface area contributed by atoms with E-state index in [0.717, 1.165) is 17.0 Å². The maximum atomic E-state index is 11.7. The third-order valence-corrected chi connectivity index (χ3v) is 3.41. The van der Waals surface area contributed by atoms with Crippen LogP contribution in [0.25, 0.3) is 0 Å². The van der Waals surface area contributed by atoms with Crippen molar-refractivity contribution in [3.63, 3.8) is 0 Å². The number of nitrogens with two attached hydrogens (primary N) is 1. The summed E-state index contributed by atoms with van der Waals surface area (Å²) in [5.41, 5.74) is 6.02. The second-order valence-electron chi connectivity index (χ2n) is 4.68. The number of carbonyl (C=O) groups is 1. The maximum Gasteiger partial charge on any atom is 0.307 e. The van der Waals surface area contributed by atoms with E-state index in [4.69, 9.17) is 5.73 Å². The first-order valence-corrected chi connectivity index (χ1v) is 6.40. The topological polar surface area (TPSA) is 77.1 Å². The Bertz CT molecular complexity index is 448. The van der Waals surface area contributed by atoms with Crippen molar-refractivity contribution in [2.45, 2.75) is 39.3 Å². The van der Waals surface area contributed by atoms with Crippen LogP contribution in [0, 0.1) is 6.92 Å². The molecule has 96 valence electrons. The van der Waals surface area contributed by atoms with E-state index in [0.29, 0.717) is 19.5 Å². The molecule has 0 spiro atoms. The SMILES string of the molecule is Cc1csc(=O)n1CCC(=O)NC(C)(C)CN. The normalized spacial score (nSPS) is 11.5. The Labute approximate surface area is 105 Å². The molecule has 1 rings (SSSR count). The van der Waals surface area contributed by atoms with Gasteiger partial charge in [0.25, 0.3) is 0 Å². The highest BCUT2D eigenvalue weighted by molar-refractivity contribution is 7.07. The zero-order valence-corrected chi connectivity index (χ0v) is 11.3. The third kappa shape index (κ3) is 3.98. The Morgan fingerprint density at radius 1 is 1.59 bits per heavy atom. The minimum Gasteiger partial charge on any atom is -0.350 e. The first-order valence-electron chi connectivity index (χ1n) is 5.52. The molecule has 1 aromatic rings. The van der Waals surface area contributed by atoms with Gasteiger partial charge in [-0.05, 0) is 20.8 Å². The second kappa shape index (κ2) is 5.46. The van der Waals surface area contributed by atoms with Crippen molar-refractivity contribution in [2.75, 3.05) is 6.54 Å². The second-order valence-corrected chi connectivity index (χ2v) is 5.50. The summed E-state index contributed by atoms with van der Waals surface area (Å²) >= 11 is 1.16. The summed E-state index contributed by atoms with van der Waals surface area (Å²) < 4.78 is 1.61. The Kier molecular flexibility index (Phi) is 4.47. The van der Waals surface area contributed by atoms with Crippen LogP contribution in [0.4, 0.5) is 0 Å². The number of nitrogens with zero attached hydrogens (tertiary/aromatic N) is 1. The minimum absolute atomic E-state index is 0.0200. The van der Waals surface area contributed by atoms with Crippen molar-refractivity contribution >= 4 is 17.2 Å². The minimum atomic E-state index is -0.397. The molecule has 1 heterocycles. The van der Waals surface area contributed by atoms with Crippen molar-refractivity contribution in [2.24, 2.45) is 5.73 Å².